The third-order valence-corrected chi connectivity index (χ3v) is 3.33. The van der Waals surface area contributed by atoms with Gasteiger partial charge in [0.2, 0.25) is 0 Å². The molecule has 0 spiro atoms. The Bertz CT molecular complexity index is 738. The molecule has 1 aromatic carbocycles. The summed E-state index contributed by atoms with van der Waals surface area (Å²) in [5.41, 5.74) is -1.82. The van der Waals surface area contributed by atoms with E-state index >= 15 is 0 Å². The first kappa shape index (κ1) is 21.4. The van der Waals surface area contributed by atoms with Crippen molar-refractivity contribution in [2.24, 2.45) is 11.3 Å². The summed E-state index contributed by atoms with van der Waals surface area (Å²) >= 11 is 0. The number of carbonyl (C=O) groups excluding carboxylic acids is 2. The van der Waals surface area contributed by atoms with Crippen LogP contribution in [0.25, 0.3) is 0 Å². The average Bonchev–Trinajstić information content (AvgIpc) is 2.43. The average molecular weight is 365 g/mol. The number of halogens is 1. The molecule has 0 N–H and O–H groups in total. The number of hydrogen-bond donors (Lipinski definition) is 0. The maximum absolute atomic E-state index is 13.9. The summed E-state index contributed by atoms with van der Waals surface area (Å²) in [6.45, 7) is 10.2. The van der Waals surface area contributed by atoms with E-state index in [1.54, 1.807) is 47.6 Å². The Labute approximate surface area is 152 Å². The molecular weight excluding hydrogens is 341 g/mol. The fourth-order valence-corrected chi connectivity index (χ4v) is 2.19. The van der Waals surface area contributed by atoms with Crippen molar-refractivity contribution in [3.8, 4) is 17.6 Å². The molecule has 1 atom stereocenters. The summed E-state index contributed by atoms with van der Waals surface area (Å²) in [7, 11) is 1.29. The van der Waals surface area contributed by atoms with E-state index in [2.05, 4.69) is 0 Å². The summed E-state index contributed by atoms with van der Waals surface area (Å²) in [6, 6.07) is 3.67. The smallest absolute Gasteiger partial charge is 0.326 e. The van der Waals surface area contributed by atoms with Gasteiger partial charge in [-0.05, 0) is 26.2 Å². The van der Waals surface area contributed by atoms with Crippen molar-refractivity contribution in [3.05, 3.63) is 23.5 Å². The van der Waals surface area contributed by atoms with E-state index in [0.717, 1.165) is 12.1 Å². The highest BCUT2D eigenvalue weighted by molar-refractivity contribution is 5.97. The van der Waals surface area contributed by atoms with E-state index in [1.165, 1.54) is 7.11 Å². The number of esters is 2. The van der Waals surface area contributed by atoms with Gasteiger partial charge in [-0.15, -0.1) is 0 Å². The highest BCUT2D eigenvalue weighted by Crippen LogP contribution is 2.34. The Kier molecular flexibility index (Phi) is 6.37. The number of benzene rings is 1. The summed E-state index contributed by atoms with van der Waals surface area (Å²) in [6.07, 6.45) is 0. The number of ether oxygens (including phenoxy) is 3. The molecule has 0 aliphatic carbocycles. The van der Waals surface area contributed by atoms with Crippen LogP contribution in [0.3, 0.4) is 0 Å². The van der Waals surface area contributed by atoms with Crippen LogP contribution in [0, 0.1) is 28.5 Å². The zero-order valence-electron chi connectivity index (χ0n) is 16.1. The molecule has 0 bridgehead atoms. The van der Waals surface area contributed by atoms with Gasteiger partial charge in [-0.2, -0.15) is 5.26 Å². The monoisotopic (exact) mass is 365 g/mol. The molecule has 0 radical (unpaired) electrons. The fraction of sp³-hybridized carbons (Fsp3) is 0.526. The number of carbonyl (C=O) groups is 2. The molecule has 1 aromatic rings. The molecule has 0 fully saturated rings. The Morgan fingerprint density at radius 2 is 1.65 bits per heavy atom. The van der Waals surface area contributed by atoms with Crippen LogP contribution < -0.4 is 9.47 Å². The Morgan fingerprint density at radius 1 is 1.08 bits per heavy atom. The molecule has 142 valence electrons. The topological polar surface area (TPSA) is 85.6 Å². The largest absolute Gasteiger partial charge is 0.493 e. The fourth-order valence-electron chi connectivity index (χ4n) is 2.19. The second kappa shape index (κ2) is 7.73. The van der Waals surface area contributed by atoms with Crippen LogP contribution in [0.5, 0.6) is 11.5 Å². The quantitative estimate of drug-likeness (QED) is 0.460. The van der Waals surface area contributed by atoms with E-state index in [0.29, 0.717) is 0 Å². The van der Waals surface area contributed by atoms with Crippen molar-refractivity contribution in [2.45, 2.75) is 47.1 Å². The van der Waals surface area contributed by atoms with E-state index in [-0.39, 0.29) is 17.1 Å². The minimum absolute atomic E-state index is 0.00754. The van der Waals surface area contributed by atoms with Crippen LogP contribution in [-0.4, -0.2) is 24.6 Å². The van der Waals surface area contributed by atoms with Gasteiger partial charge in [0.1, 0.15) is 17.5 Å². The first-order valence-corrected chi connectivity index (χ1v) is 8.02. The SMILES string of the molecule is COc1cc(C#N)c(F)cc1OC(=O)C(C(=O)OC(C)(C)C)C(C)(C)C. The molecule has 0 aliphatic rings. The van der Waals surface area contributed by atoms with Crippen molar-refractivity contribution in [1.82, 2.24) is 0 Å². The number of nitrogens with zero attached hydrogens (tertiary/aromatic N) is 1. The first-order valence-electron chi connectivity index (χ1n) is 8.02. The lowest BCUT2D eigenvalue weighted by Gasteiger charge is -2.30. The number of rotatable bonds is 4. The van der Waals surface area contributed by atoms with Gasteiger partial charge in [-0.25, -0.2) is 4.39 Å². The predicted molar refractivity (Wildman–Crippen MR) is 92.1 cm³/mol. The molecular formula is C19H24FNO5. The van der Waals surface area contributed by atoms with Crippen molar-refractivity contribution in [1.29, 1.82) is 5.26 Å². The summed E-state index contributed by atoms with van der Waals surface area (Å²) < 4.78 is 29.5. The zero-order chi connectivity index (χ0) is 20.3. The maximum Gasteiger partial charge on any atom is 0.326 e. The summed E-state index contributed by atoms with van der Waals surface area (Å²) in [5.74, 6) is -3.93. The lowest BCUT2D eigenvalue weighted by molar-refractivity contribution is -0.170. The minimum atomic E-state index is -1.23. The lowest BCUT2D eigenvalue weighted by Crippen LogP contribution is -2.42. The molecule has 0 aliphatic heterocycles. The van der Waals surface area contributed by atoms with Crippen molar-refractivity contribution in [3.63, 3.8) is 0 Å². The van der Waals surface area contributed by atoms with Gasteiger partial charge in [-0.3, -0.25) is 9.59 Å². The van der Waals surface area contributed by atoms with Crippen molar-refractivity contribution in [2.75, 3.05) is 7.11 Å². The predicted octanol–water partition coefficient (Wildman–Crippen LogP) is 3.62. The Hall–Kier alpha value is -2.62. The lowest BCUT2D eigenvalue weighted by atomic mass is 9.80. The molecule has 1 unspecified atom stereocenters. The number of hydrogen-bond acceptors (Lipinski definition) is 6. The van der Waals surface area contributed by atoms with Crippen LogP contribution in [0.1, 0.15) is 47.1 Å². The summed E-state index contributed by atoms with van der Waals surface area (Å²) in [5, 5.41) is 8.87. The van der Waals surface area contributed by atoms with Crippen LogP contribution in [0.15, 0.2) is 12.1 Å². The second-order valence-electron chi connectivity index (χ2n) is 7.85. The Balaban J connectivity index is 3.21. The van der Waals surface area contributed by atoms with Crippen molar-refractivity contribution < 1.29 is 28.2 Å². The van der Waals surface area contributed by atoms with Gasteiger partial charge in [0.05, 0.1) is 12.7 Å². The third-order valence-electron chi connectivity index (χ3n) is 3.33. The van der Waals surface area contributed by atoms with E-state index < -0.39 is 34.7 Å². The van der Waals surface area contributed by atoms with E-state index in [9.17, 15) is 14.0 Å². The number of methoxy groups -OCH3 is 1. The van der Waals surface area contributed by atoms with Crippen molar-refractivity contribution >= 4 is 11.9 Å². The molecule has 0 heterocycles. The molecule has 7 heteroatoms. The Morgan fingerprint density at radius 3 is 2.08 bits per heavy atom. The van der Waals surface area contributed by atoms with Gasteiger partial charge < -0.3 is 14.2 Å². The molecule has 0 aromatic heterocycles. The van der Waals surface area contributed by atoms with E-state index in [1.807, 2.05) is 0 Å². The maximum atomic E-state index is 13.9. The van der Waals surface area contributed by atoms with Gasteiger partial charge >= 0.3 is 11.9 Å². The number of nitriles is 1. The zero-order valence-corrected chi connectivity index (χ0v) is 16.1. The molecule has 0 saturated carbocycles. The van der Waals surface area contributed by atoms with Crippen LogP contribution in [0.2, 0.25) is 0 Å². The molecule has 0 saturated heterocycles. The standard InChI is InChI=1S/C19H24FNO5/c1-18(2,3)15(17(23)26-19(4,5)6)16(22)25-14-9-12(20)11(10-21)8-13(14)24-7/h8-9,15H,1-7H3. The van der Waals surface area contributed by atoms with Gasteiger partial charge in [0.25, 0.3) is 0 Å². The highest BCUT2D eigenvalue weighted by atomic mass is 19.1. The summed E-state index contributed by atoms with van der Waals surface area (Å²) in [4.78, 5) is 25.1. The molecule has 26 heavy (non-hydrogen) atoms. The van der Waals surface area contributed by atoms with Crippen LogP contribution >= 0.6 is 0 Å². The molecule has 1 rings (SSSR count). The van der Waals surface area contributed by atoms with Crippen LogP contribution in [-0.2, 0) is 14.3 Å². The van der Waals surface area contributed by atoms with E-state index in [4.69, 9.17) is 19.5 Å². The molecule has 0 amide bonds. The highest BCUT2D eigenvalue weighted by Gasteiger charge is 2.42. The van der Waals surface area contributed by atoms with Crippen LogP contribution in [0.4, 0.5) is 4.39 Å². The third kappa shape index (κ3) is 5.45. The first-order chi connectivity index (χ1) is 11.8. The second-order valence-corrected chi connectivity index (χ2v) is 7.85. The van der Waals surface area contributed by atoms with Gasteiger partial charge in [-0.1, -0.05) is 20.8 Å². The molecule has 6 nitrogen and oxygen atoms in total. The minimum Gasteiger partial charge on any atom is -0.493 e. The normalized spacial score (nSPS) is 12.7. The van der Waals surface area contributed by atoms with Gasteiger partial charge in [0, 0.05) is 12.1 Å². The van der Waals surface area contributed by atoms with Gasteiger partial charge in [0.15, 0.2) is 17.4 Å².